The summed E-state index contributed by atoms with van der Waals surface area (Å²) in [7, 11) is 3.88. The van der Waals surface area contributed by atoms with E-state index in [1.807, 2.05) is 25.1 Å². The number of hydrogen-bond donors (Lipinski definition) is 2. The fourth-order valence-electron chi connectivity index (χ4n) is 2.36. The highest BCUT2D eigenvalue weighted by molar-refractivity contribution is 5.95. The Bertz CT molecular complexity index is 433. The van der Waals surface area contributed by atoms with Gasteiger partial charge in [-0.15, -0.1) is 0 Å². The van der Waals surface area contributed by atoms with Crippen molar-refractivity contribution in [3.8, 4) is 0 Å². The Kier molecular flexibility index (Phi) is 3.81. The molecule has 1 aromatic rings. The van der Waals surface area contributed by atoms with Gasteiger partial charge >= 0.3 is 0 Å². The first-order chi connectivity index (χ1) is 8.58. The van der Waals surface area contributed by atoms with Crippen LogP contribution in [-0.4, -0.2) is 31.0 Å². The van der Waals surface area contributed by atoms with Crippen LogP contribution < -0.4 is 16.0 Å². The van der Waals surface area contributed by atoms with Gasteiger partial charge in [-0.25, -0.2) is 0 Å². The van der Waals surface area contributed by atoms with E-state index in [-0.39, 0.29) is 17.9 Å². The number of anilines is 2. The summed E-state index contributed by atoms with van der Waals surface area (Å²) in [4.78, 5) is 18.1. The summed E-state index contributed by atoms with van der Waals surface area (Å²) >= 11 is 0. The average Bonchev–Trinajstić information content (AvgIpc) is 2.76. The maximum absolute atomic E-state index is 12.1. The minimum absolute atomic E-state index is 0.0372. The molecule has 1 aliphatic rings. The highest BCUT2D eigenvalue weighted by atomic mass is 16.1. The summed E-state index contributed by atoms with van der Waals surface area (Å²) in [5, 5.41) is 2.96. The molecule has 5 heteroatoms. The van der Waals surface area contributed by atoms with Gasteiger partial charge < -0.3 is 16.0 Å². The van der Waals surface area contributed by atoms with E-state index in [1.165, 1.54) is 0 Å². The molecule has 0 saturated heterocycles. The standard InChI is InChI=1S/C13H20N4O/c1-17(2)12-5-6-15-8-11(12)16-13(18)9-3-4-10(14)7-9/h5-6,8-10H,3-4,7,14H2,1-2H3,(H,16,18). The number of nitrogens with zero attached hydrogens (tertiary/aromatic N) is 2. The number of rotatable bonds is 3. The summed E-state index contributed by atoms with van der Waals surface area (Å²) in [6.45, 7) is 0. The smallest absolute Gasteiger partial charge is 0.227 e. The second-order valence-corrected chi connectivity index (χ2v) is 5.05. The number of hydrogen-bond acceptors (Lipinski definition) is 4. The molecule has 98 valence electrons. The van der Waals surface area contributed by atoms with Gasteiger partial charge in [0.25, 0.3) is 0 Å². The molecule has 3 N–H and O–H groups in total. The number of aromatic nitrogens is 1. The van der Waals surface area contributed by atoms with Gasteiger partial charge in [0, 0.05) is 32.3 Å². The Hall–Kier alpha value is -1.62. The highest BCUT2D eigenvalue weighted by Crippen LogP contribution is 2.28. The Labute approximate surface area is 107 Å². The maximum atomic E-state index is 12.1. The first-order valence-electron chi connectivity index (χ1n) is 6.25. The van der Waals surface area contributed by atoms with E-state index >= 15 is 0 Å². The molecule has 1 heterocycles. The predicted molar refractivity (Wildman–Crippen MR) is 72.5 cm³/mol. The molecule has 0 aliphatic heterocycles. The minimum atomic E-state index is 0.0372. The number of carbonyl (C=O) groups is 1. The highest BCUT2D eigenvalue weighted by Gasteiger charge is 2.28. The zero-order valence-electron chi connectivity index (χ0n) is 10.9. The van der Waals surface area contributed by atoms with Crippen LogP contribution in [0.15, 0.2) is 18.5 Å². The first-order valence-corrected chi connectivity index (χ1v) is 6.25. The van der Waals surface area contributed by atoms with Crippen LogP contribution in [0.1, 0.15) is 19.3 Å². The monoisotopic (exact) mass is 248 g/mol. The lowest BCUT2D eigenvalue weighted by molar-refractivity contribution is -0.119. The molecule has 18 heavy (non-hydrogen) atoms. The van der Waals surface area contributed by atoms with Crippen LogP contribution in [0.5, 0.6) is 0 Å². The largest absolute Gasteiger partial charge is 0.376 e. The van der Waals surface area contributed by atoms with Gasteiger partial charge in [0.1, 0.15) is 0 Å². The topological polar surface area (TPSA) is 71.2 Å². The van der Waals surface area contributed by atoms with E-state index in [0.29, 0.717) is 0 Å². The SMILES string of the molecule is CN(C)c1ccncc1NC(=O)C1CCC(N)C1. The second-order valence-electron chi connectivity index (χ2n) is 5.05. The molecule has 2 rings (SSSR count). The predicted octanol–water partition coefficient (Wildman–Crippen LogP) is 1.21. The van der Waals surface area contributed by atoms with Crippen LogP contribution >= 0.6 is 0 Å². The number of carbonyl (C=O) groups excluding carboxylic acids is 1. The van der Waals surface area contributed by atoms with Crippen molar-refractivity contribution >= 4 is 17.3 Å². The van der Waals surface area contributed by atoms with Gasteiger partial charge in [-0.3, -0.25) is 9.78 Å². The summed E-state index contributed by atoms with van der Waals surface area (Å²) in [5.41, 5.74) is 7.55. The molecule has 1 saturated carbocycles. The molecule has 0 spiro atoms. The van der Waals surface area contributed by atoms with Crippen molar-refractivity contribution in [3.63, 3.8) is 0 Å². The summed E-state index contributed by atoms with van der Waals surface area (Å²) in [6, 6.07) is 2.05. The number of amides is 1. The van der Waals surface area contributed by atoms with Gasteiger partial charge in [-0.05, 0) is 25.3 Å². The maximum Gasteiger partial charge on any atom is 0.227 e. The van der Waals surface area contributed by atoms with E-state index in [4.69, 9.17) is 5.73 Å². The second kappa shape index (κ2) is 5.35. The van der Waals surface area contributed by atoms with Crippen LogP contribution in [0.2, 0.25) is 0 Å². The third kappa shape index (κ3) is 2.79. The molecule has 1 amide bonds. The number of pyridine rings is 1. The van der Waals surface area contributed by atoms with Gasteiger partial charge in [0.05, 0.1) is 17.6 Å². The van der Waals surface area contributed by atoms with Gasteiger partial charge in [-0.2, -0.15) is 0 Å². The van der Waals surface area contributed by atoms with Crippen molar-refractivity contribution in [2.45, 2.75) is 25.3 Å². The van der Waals surface area contributed by atoms with E-state index in [0.717, 1.165) is 30.6 Å². The van der Waals surface area contributed by atoms with Gasteiger partial charge in [-0.1, -0.05) is 0 Å². The molecular weight excluding hydrogens is 228 g/mol. The molecule has 1 aromatic heterocycles. The third-order valence-corrected chi connectivity index (χ3v) is 3.38. The van der Waals surface area contributed by atoms with Crippen molar-refractivity contribution in [1.82, 2.24) is 4.98 Å². The van der Waals surface area contributed by atoms with Crippen LogP contribution in [0.25, 0.3) is 0 Å². The van der Waals surface area contributed by atoms with Crippen molar-refractivity contribution in [1.29, 1.82) is 0 Å². The lowest BCUT2D eigenvalue weighted by Gasteiger charge is -2.18. The number of nitrogens with one attached hydrogen (secondary N) is 1. The van der Waals surface area contributed by atoms with Gasteiger partial charge in [0.2, 0.25) is 5.91 Å². The normalized spacial score (nSPS) is 22.8. The molecule has 1 fully saturated rings. The molecule has 0 radical (unpaired) electrons. The lowest BCUT2D eigenvalue weighted by atomic mass is 10.1. The molecule has 0 aromatic carbocycles. The minimum Gasteiger partial charge on any atom is -0.376 e. The van der Waals surface area contributed by atoms with Crippen molar-refractivity contribution in [3.05, 3.63) is 18.5 Å². The zero-order valence-corrected chi connectivity index (χ0v) is 10.9. The summed E-state index contributed by atoms with van der Waals surface area (Å²) in [6.07, 6.45) is 6.00. The molecule has 2 atom stereocenters. The zero-order chi connectivity index (χ0) is 13.1. The Morgan fingerprint density at radius 3 is 2.89 bits per heavy atom. The quantitative estimate of drug-likeness (QED) is 0.843. The first kappa shape index (κ1) is 12.8. The van der Waals surface area contributed by atoms with E-state index in [1.54, 1.807) is 12.4 Å². The Balaban J connectivity index is 2.07. The fraction of sp³-hybridized carbons (Fsp3) is 0.538. The summed E-state index contributed by atoms with van der Waals surface area (Å²) < 4.78 is 0. The Morgan fingerprint density at radius 2 is 2.28 bits per heavy atom. The van der Waals surface area contributed by atoms with Crippen LogP contribution in [-0.2, 0) is 4.79 Å². The third-order valence-electron chi connectivity index (χ3n) is 3.38. The van der Waals surface area contributed by atoms with Crippen LogP contribution in [0, 0.1) is 5.92 Å². The number of nitrogens with two attached hydrogens (primary N) is 1. The van der Waals surface area contributed by atoms with Crippen molar-refractivity contribution in [2.24, 2.45) is 11.7 Å². The van der Waals surface area contributed by atoms with E-state index in [2.05, 4.69) is 10.3 Å². The molecule has 5 nitrogen and oxygen atoms in total. The molecule has 1 aliphatic carbocycles. The van der Waals surface area contributed by atoms with Crippen LogP contribution in [0.4, 0.5) is 11.4 Å². The van der Waals surface area contributed by atoms with Crippen molar-refractivity contribution in [2.75, 3.05) is 24.3 Å². The van der Waals surface area contributed by atoms with Gasteiger partial charge in [0.15, 0.2) is 0 Å². The van der Waals surface area contributed by atoms with E-state index in [9.17, 15) is 4.79 Å². The Morgan fingerprint density at radius 1 is 1.50 bits per heavy atom. The van der Waals surface area contributed by atoms with Crippen molar-refractivity contribution < 1.29 is 4.79 Å². The van der Waals surface area contributed by atoms with E-state index < -0.39 is 0 Å². The van der Waals surface area contributed by atoms with Crippen LogP contribution in [0.3, 0.4) is 0 Å². The summed E-state index contributed by atoms with van der Waals surface area (Å²) in [5.74, 6) is 0.0919. The molecule has 0 bridgehead atoms. The molecular formula is C13H20N4O. The lowest BCUT2D eigenvalue weighted by Crippen LogP contribution is -2.24. The average molecular weight is 248 g/mol. The molecule has 2 unspecified atom stereocenters. The fourth-order valence-corrected chi connectivity index (χ4v) is 2.36.